The Labute approximate surface area is 188 Å². The van der Waals surface area contributed by atoms with Crippen molar-refractivity contribution in [1.82, 2.24) is 4.90 Å². The van der Waals surface area contributed by atoms with E-state index in [0.717, 1.165) is 38.5 Å². The van der Waals surface area contributed by atoms with E-state index in [1.54, 1.807) is 24.3 Å². The van der Waals surface area contributed by atoms with Gasteiger partial charge in [-0.1, -0.05) is 32.6 Å². The maximum atomic E-state index is 12.4. The molecule has 0 radical (unpaired) electrons. The highest BCUT2D eigenvalue weighted by Crippen LogP contribution is 2.29. The fraction of sp³-hybridized carbons (Fsp3) is 0.583. The van der Waals surface area contributed by atoms with Crippen LogP contribution in [-0.4, -0.2) is 54.5 Å². The summed E-state index contributed by atoms with van der Waals surface area (Å²) >= 11 is 0. The van der Waals surface area contributed by atoms with E-state index in [2.05, 4.69) is 5.32 Å². The van der Waals surface area contributed by atoms with Gasteiger partial charge in [0.1, 0.15) is 0 Å². The van der Waals surface area contributed by atoms with Crippen molar-refractivity contribution in [1.29, 1.82) is 0 Å². The third kappa shape index (κ3) is 6.55. The summed E-state index contributed by atoms with van der Waals surface area (Å²) in [5, 5.41) is 2.63. The summed E-state index contributed by atoms with van der Waals surface area (Å²) in [6.07, 6.45) is 7.31. The molecule has 1 aromatic rings. The summed E-state index contributed by atoms with van der Waals surface area (Å²) in [6, 6.07) is 6.55. The molecule has 3 rings (SSSR count). The van der Waals surface area contributed by atoms with E-state index in [1.165, 1.54) is 6.42 Å². The Morgan fingerprint density at radius 1 is 1.06 bits per heavy atom. The number of anilines is 1. The summed E-state index contributed by atoms with van der Waals surface area (Å²) in [5.41, 5.74) is 0.884. The molecule has 0 unspecified atom stereocenters. The molecule has 2 amide bonds. The van der Waals surface area contributed by atoms with Gasteiger partial charge in [-0.2, -0.15) is 0 Å². The van der Waals surface area contributed by atoms with E-state index < -0.39 is 30.4 Å². The van der Waals surface area contributed by atoms with E-state index in [-0.39, 0.29) is 18.4 Å². The highest BCUT2D eigenvalue weighted by molar-refractivity contribution is 5.95. The predicted octanol–water partition coefficient (Wildman–Crippen LogP) is 3.31. The molecule has 0 spiro atoms. The van der Waals surface area contributed by atoms with Gasteiger partial charge in [-0.25, -0.2) is 4.79 Å². The molecule has 8 heteroatoms. The molecule has 1 aliphatic heterocycles. The molecular formula is C24H32N2O6. The predicted molar refractivity (Wildman–Crippen MR) is 118 cm³/mol. The second-order valence-electron chi connectivity index (χ2n) is 8.46. The summed E-state index contributed by atoms with van der Waals surface area (Å²) in [6.45, 7) is 2.35. The van der Waals surface area contributed by atoms with E-state index in [0.29, 0.717) is 24.4 Å². The Kier molecular flexibility index (Phi) is 8.64. The molecule has 8 nitrogen and oxygen atoms in total. The number of hydrogen-bond acceptors (Lipinski definition) is 6. The normalized spacial score (nSPS) is 19.0. The Morgan fingerprint density at radius 2 is 1.78 bits per heavy atom. The highest BCUT2D eigenvalue weighted by atomic mass is 16.5. The highest BCUT2D eigenvalue weighted by Gasteiger charge is 2.39. The van der Waals surface area contributed by atoms with Crippen molar-refractivity contribution in [3.8, 4) is 0 Å². The average Bonchev–Trinajstić information content (AvgIpc) is 3.20. The second-order valence-corrected chi connectivity index (χ2v) is 8.46. The monoisotopic (exact) mass is 444 g/mol. The zero-order valence-corrected chi connectivity index (χ0v) is 18.6. The SMILES string of the molecule is CCCCOC(=O)c1ccc(NC(=O)COC(=O)[C@@H]2CC(=O)N(C3CCCCC3)C2)cc1. The number of esters is 2. The van der Waals surface area contributed by atoms with E-state index in [9.17, 15) is 19.2 Å². The number of nitrogens with zero attached hydrogens (tertiary/aromatic N) is 1. The van der Waals surface area contributed by atoms with Crippen LogP contribution < -0.4 is 5.32 Å². The largest absolute Gasteiger partial charge is 0.462 e. The number of carbonyl (C=O) groups excluding carboxylic acids is 4. The Balaban J connectivity index is 1.41. The first-order valence-corrected chi connectivity index (χ1v) is 11.5. The van der Waals surface area contributed by atoms with Gasteiger partial charge < -0.3 is 19.7 Å². The van der Waals surface area contributed by atoms with Crippen molar-refractivity contribution in [2.75, 3.05) is 25.1 Å². The van der Waals surface area contributed by atoms with Crippen molar-refractivity contribution >= 4 is 29.4 Å². The summed E-state index contributed by atoms with van der Waals surface area (Å²) in [5.74, 6) is -1.92. The van der Waals surface area contributed by atoms with Gasteiger partial charge in [-0.3, -0.25) is 14.4 Å². The first kappa shape index (κ1) is 23.8. The topological polar surface area (TPSA) is 102 Å². The van der Waals surface area contributed by atoms with Gasteiger partial charge in [0.2, 0.25) is 5.91 Å². The second kappa shape index (κ2) is 11.6. The van der Waals surface area contributed by atoms with Gasteiger partial charge in [0.25, 0.3) is 5.91 Å². The van der Waals surface area contributed by atoms with Crippen molar-refractivity contribution in [3.63, 3.8) is 0 Å². The molecule has 174 valence electrons. The first-order chi connectivity index (χ1) is 15.5. The third-order valence-corrected chi connectivity index (χ3v) is 5.99. The van der Waals surface area contributed by atoms with E-state index in [4.69, 9.17) is 9.47 Å². The summed E-state index contributed by atoms with van der Waals surface area (Å²) < 4.78 is 10.3. The maximum Gasteiger partial charge on any atom is 0.338 e. The van der Waals surface area contributed by atoms with Crippen molar-refractivity contribution in [3.05, 3.63) is 29.8 Å². The number of likely N-dealkylation sites (tertiary alicyclic amines) is 1. The number of unbranched alkanes of at least 4 members (excludes halogenated alkanes) is 1. The fourth-order valence-corrected chi connectivity index (χ4v) is 4.17. The number of amides is 2. The lowest BCUT2D eigenvalue weighted by Gasteiger charge is -2.31. The van der Waals surface area contributed by atoms with Crippen molar-refractivity contribution in [2.24, 2.45) is 5.92 Å². The van der Waals surface area contributed by atoms with Crippen LogP contribution in [0.1, 0.15) is 68.6 Å². The molecule has 1 saturated carbocycles. The molecule has 0 bridgehead atoms. The quantitative estimate of drug-likeness (QED) is 0.463. The fourth-order valence-electron chi connectivity index (χ4n) is 4.17. The van der Waals surface area contributed by atoms with Crippen LogP contribution in [0, 0.1) is 5.92 Å². The molecule has 1 atom stereocenters. The van der Waals surface area contributed by atoms with Gasteiger partial charge >= 0.3 is 11.9 Å². The third-order valence-electron chi connectivity index (χ3n) is 5.99. The number of hydrogen-bond donors (Lipinski definition) is 1. The molecule has 1 heterocycles. The molecule has 1 saturated heterocycles. The lowest BCUT2D eigenvalue weighted by atomic mass is 9.94. The number of nitrogens with one attached hydrogen (secondary N) is 1. The van der Waals surface area contributed by atoms with Gasteiger partial charge in [-0.05, 0) is 43.5 Å². The van der Waals surface area contributed by atoms with Gasteiger partial charge in [0, 0.05) is 24.7 Å². The van der Waals surface area contributed by atoms with Gasteiger partial charge in [0.05, 0.1) is 18.1 Å². The van der Waals surface area contributed by atoms with Gasteiger partial charge in [-0.15, -0.1) is 0 Å². The minimum atomic E-state index is -0.518. The smallest absolute Gasteiger partial charge is 0.338 e. The summed E-state index contributed by atoms with van der Waals surface area (Å²) in [7, 11) is 0. The van der Waals surface area contributed by atoms with Crippen LogP contribution in [0.5, 0.6) is 0 Å². The molecule has 2 fully saturated rings. The molecule has 32 heavy (non-hydrogen) atoms. The van der Waals surface area contributed by atoms with Crippen LogP contribution in [0.2, 0.25) is 0 Å². The van der Waals surface area contributed by atoms with E-state index >= 15 is 0 Å². The zero-order chi connectivity index (χ0) is 22.9. The Bertz CT molecular complexity index is 816. The van der Waals surface area contributed by atoms with Gasteiger partial charge in [0.15, 0.2) is 6.61 Å². The molecule has 1 aromatic carbocycles. The number of ether oxygens (including phenoxy) is 2. The molecule has 1 N–H and O–H groups in total. The lowest BCUT2D eigenvalue weighted by Crippen LogP contribution is -2.38. The van der Waals surface area contributed by atoms with E-state index in [1.807, 2.05) is 11.8 Å². The van der Waals surface area contributed by atoms with Crippen molar-refractivity contribution in [2.45, 2.75) is 64.3 Å². The van der Waals surface area contributed by atoms with Crippen molar-refractivity contribution < 1.29 is 28.7 Å². The minimum Gasteiger partial charge on any atom is -0.462 e. The molecule has 0 aromatic heterocycles. The maximum absolute atomic E-state index is 12.4. The minimum absolute atomic E-state index is 0.00314. The number of rotatable bonds is 9. The summed E-state index contributed by atoms with van der Waals surface area (Å²) in [4.78, 5) is 50.6. The lowest BCUT2D eigenvalue weighted by molar-refractivity contribution is -0.151. The Morgan fingerprint density at radius 3 is 2.47 bits per heavy atom. The zero-order valence-electron chi connectivity index (χ0n) is 18.6. The number of carbonyl (C=O) groups is 4. The van der Waals surface area contributed by atoms with Crippen LogP contribution in [-0.2, 0) is 23.9 Å². The van der Waals surface area contributed by atoms with Crippen LogP contribution in [0.25, 0.3) is 0 Å². The first-order valence-electron chi connectivity index (χ1n) is 11.5. The van der Waals surface area contributed by atoms with Crippen LogP contribution in [0.3, 0.4) is 0 Å². The molecule has 2 aliphatic rings. The number of benzene rings is 1. The standard InChI is InChI=1S/C24H32N2O6/c1-2-3-13-31-23(29)17-9-11-19(12-10-17)25-21(27)16-32-24(30)18-14-22(28)26(15-18)20-7-5-4-6-8-20/h9-12,18,20H,2-8,13-16H2,1H3,(H,25,27)/t18-/m1/s1. The van der Waals surface area contributed by atoms with Crippen LogP contribution >= 0.6 is 0 Å². The van der Waals surface area contributed by atoms with Crippen LogP contribution in [0.4, 0.5) is 5.69 Å². The Hall–Kier alpha value is -2.90. The average molecular weight is 445 g/mol. The van der Waals surface area contributed by atoms with Crippen LogP contribution in [0.15, 0.2) is 24.3 Å². The molecular weight excluding hydrogens is 412 g/mol. The molecule has 1 aliphatic carbocycles.